The van der Waals surface area contributed by atoms with Crippen LogP contribution in [-0.4, -0.2) is 21.4 Å². The van der Waals surface area contributed by atoms with E-state index in [0.717, 1.165) is 88.7 Å². The topological polar surface area (TPSA) is 87.2 Å². The number of para-hydroxylation sites is 2. The summed E-state index contributed by atoms with van der Waals surface area (Å²) in [5, 5.41) is 17.8. The van der Waals surface area contributed by atoms with E-state index < -0.39 is 0 Å². The van der Waals surface area contributed by atoms with Crippen LogP contribution in [0.2, 0.25) is 0 Å². The Morgan fingerprint density at radius 1 is 0.500 bits per heavy atom. The van der Waals surface area contributed by atoms with Gasteiger partial charge in [0.25, 0.3) is 0 Å². The Morgan fingerprint density at radius 3 is 2.02 bits per heavy atom. The number of aromatic nitrogens is 2. The third-order valence-corrected chi connectivity index (χ3v) is 9.97. The third-order valence-electron chi connectivity index (χ3n) is 9.97. The number of nitrogens with zero attached hydrogens (tertiary/aromatic N) is 3. The van der Waals surface area contributed by atoms with E-state index in [2.05, 4.69) is 109 Å². The molecule has 0 saturated carbocycles. The second-order valence-corrected chi connectivity index (χ2v) is 13.4. The van der Waals surface area contributed by atoms with Gasteiger partial charge in [-0.25, -0.2) is 9.97 Å². The van der Waals surface area contributed by atoms with E-state index >= 15 is 0 Å². The lowest BCUT2D eigenvalue weighted by atomic mass is 9.88. The van der Waals surface area contributed by atoms with Crippen molar-refractivity contribution in [1.82, 2.24) is 9.97 Å². The number of benzene rings is 7. The lowest BCUT2D eigenvalue weighted by Crippen LogP contribution is -2.19. The molecule has 0 unspecified atom stereocenters. The number of hydrogen-bond donors (Lipinski definition) is 2. The molecule has 6 nitrogen and oxygen atoms in total. The summed E-state index contributed by atoms with van der Waals surface area (Å²) in [6.45, 7) is 0. The van der Waals surface area contributed by atoms with Gasteiger partial charge in [0, 0.05) is 33.0 Å². The normalized spacial score (nSPS) is 13.2. The largest absolute Gasteiger partial charge is 0.456 e. The van der Waals surface area contributed by atoms with Gasteiger partial charge in [0.05, 0.1) is 22.8 Å². The molecule has 10 rings (SSSR count). The maximum atomic E-state index is 8.87. The molecule has 254 valence electrons. The van der Waals surface area contributed by atoms with E-state index in [1.54, 1.807) is 6.08 Å². The van der Waals surface area contributed by atoms with Gasteiger partial charge < -0.3 is 4.42 Å². The lowest BCUT2D eigenvalue weighted by Gasteiger charge is -2.18. The molecule has 0 fully saturated rings. The van der Waals surface area contributed by atoms with Crippen LogP contribution in [0.25, 0.3) is 83.8 Å². The monoisotopic (exact) mass is 693 g/mol. The van der Waals surface area contributed by atoms with Crippen molar-refractivity contribution in [2.24, 2.45) is 5.10 Å². The van der Waals surface area contributed by atoms with E-state index in [-0.39, 0.29) is 0 Å². The molecule has 0 spiro atoms. The van der Waals surface area contributed by atoms with Crippen LogP contribution < -0.4 is 5.43 Å². The summed E-state index contributed by atoms with van der Waals surface area (Å²) in [6.07, 6.45) is 3.78. The average molecular weight is 694 g/mol. The molecule has 54 heavy (non-hydrogen) atoms. The van der Waals surface area contributed by atoms with Crippen LogP contribution in [0.1, 0.15) is 11.1 Å². The minimum atomic E-state index is 0.338. The van der Waals surface area contributed by atoms with Crippen LogP contribution in [0.15, 0.2) is 179 Å². The van der Waals surface area contributed by atoms with Gasteiger partial charge in [-0.15, -0.1) is 0 Å². The highest BCUT2D eigenvalue weighted by Crippen LogP contribution is 2.36. The zero-order chi connectivity index (χ0) is 36.0. The summed E-state index contributed by atoms with van der Waals surface area (Å²) in [6, 6.07) is 55.7. The number of nitrogens with one attached hydrogen (secondary N) is 2. The first-order valence-corrected chi connectivity index (χ1v) is 17.8. The molecule has 0 atom stereocenters. The van der Waals surface area contributed by atoms with Crippen LogP contribution in [0, 0.1) is 5.41 Å². The summed E-state index contributed by atoms with van der Waals surface area (Å²) in [5.74, 6) is 0.603. The second-order valence-electron chi connectivity index (χ2n) is 13.4. The van der Waals surface area contributed by atoms with Gasteiger partial charge in [0.15, 0.2) is 5.82 Å². The van der Waals surface area contributed by atoms with Crippen LogP contribution in [0.3, 0.4) is 0 Å². The van der Waals surface area contributed by atoms with Gasteiger partial charge in [0.2, 0.25) is 0 Å². The number of hydrazone groups is 1. The maximum Gasteiger partial charge on any atom is 0.160 e. The van der Waals surface area contributed by atoms with Crippen LogP contribution >= 0.6 is 0 Å². The minimum absolute atomic E-state index is 0.338. The molecular formula is C48H31N5O. The van der Waals surface area contributed by atoms with Crippen molar-refractivity contribution in [3.05, 3.63) is 181 Å². The molecule has 2 N–H and O–H groups in total. The van der Waals surface area contributed by atoms with E-state index in [0.29, 0.717) is 17.2 Å². The average Bonchev–Trinajstić information content (AvgIpc) is 3.61. The number of allylic oxidation sites excluding steroid dienone is 1. The van der Waals surface area contributed by atoms with E-state index in [4.69, 9.17) is 24.9 Å². The predicted molar refractivity (Wildman–Crippen MR) is 222 cm³/mol. The fraction of sp³-hybridized carbons (Fsp3) is 0. The Balaban J connectivity index is 1.15. The standard InChI is InChI=1S/C48H31N5O/c49-41-24-22-32-20-18-31-19-21-36(28-39(31)46(32)47(41)53-52-37-14-5-2-6-15-37)48-50-42(34-13-9-12-33(26-34)30-10-3-1-4-11-30)29-43(51-48)35-23-25-45-40(27-35)38-16-7-8-17-44(38)54-45/h1-29,49,52H/b49-41?,53-47+. The number of furan rings is 1. The molecule has 1 aliphatic rings. The second kappa shape index (κ2) is 13.0. The van der Waals surface area contributed by atoms with Crippen molar-refractivity contribution in [1.29, 1.82) is 5.41 Å². The molecule has 0 aliphatic heterocycles. The highest BCUT2D eigenvalue weighted by molar-refractivity contribution is 6.55. The molecule has 0 bridgehead atoms. The highest BCUT2D eigenvalue weighted by Gasteiger charge is 2.21. The molecule has 0 saturated heterocycles. The lowest BCUT2D eigenvalue weighted by molar-refractivity contribution is 0.669. The zero-order valence-corrected chi connectivity index (χ0v) is 29.0. The van der Waals surface area contributed by atoms with Gasteiger partial charge in [-0.1, -0.05) is 115 Å². The first-order chi connectivity index (χ1) is 26.6. The quantitative estimate of drug-likeness (QED) is 0.170. The Kier molecular flexibility index (Phi) is 7.51. The Bertz CT molecular complexity index is 2980. The molecule has 2 aromatic heterocycles. The van der Waals surface area contributed by atoms with Crippen molar-refractivity contribution in [2.75, 3.05) is 5.43 Å². The summed E-state index contributed by atoms with van der Waals surface area (Å²) in [4.78, 5) is 10.5. The van der Waals surface area contributed by atoms with Gasteiger partial charge in [-0.3, -0.25) is 10.8 Å². The number of anilines is 1. The van der Waals surface area contributed by atoms with Crippen LogP contribution in [0.4, 0.5) is 5.69 Å². The number of fused-ring (bicyclic) bond motifs is 6. The summed E-state index contributed by atoms with van der Waals surface area (Å²) in [7, 11) is 0. The van der Waals surface area contributed by atoms with E-state index in [1.165, 1.54) is 0 Å². The number of rotatable bonds is 6. The van der Waals surface area contributed by atoms with Gasteiger partial charge >= 0.3 is 0 Å². The van der Waals surface area contributed by atoms with Gasteiger partial charge in [0.1, 0.15) is 16.9 Å². The zero-order valence-electron chi connectivity index (χ0n) is 29.0. The Morgan fingerprint density at radius 2 is 1.17 bits per heavy atom. The fourth-order valence-corrected chi connectivity index (χ4v) is 7.26. The third kappa shape index (κ3) is 5.63. The first kappa shape index (κ1) is 31.3. The Labute approximate surface area is 311 Å². The minimum Gasteiger partial charge on any atom is -0.456 e. The molecule has 7 aromatic carbocycles. The van der Waals surface area contributed by atoms with Crippen molar-refractivity contribution < 1.29 is 4.42 Å². The van der Waals surface area contributed by atoms with Crippen LogP contribution in [0.5, 0.6) is 0 Å². The molecule has 9 aromatic rings. The molecular weight excluding hydrogens is 663 g/mol. The smallest absolute Gasteiger partial charge is 0.160 e. The first-order valence-electron chi connectivity index (χ1n) is 17.8. The molecule has 6 heteroatoms. The maximum absolute atomic E-state index is 8.87. The molecule has 2 heterocycles. The van der Waals surface area contributed by atoms with Gasteiger partial charge in [-0.2, -0.15) is 5.10 Å². The Hall–Kier alpha value is -7.44. The summed E-state index contributed by atoms with van der Waals surface area (Å²) < 4.78 is 6.16. The fourth-order valence-electron chi connectivity index (χ4n) is 7.26. The van der Waals surface area contributed by atoms with Crippen molar-refractivity contribution >= 4 is 55.9 Å². The van der Waals surface area contributed by atoms with Crippen molar-refractivity contribution in [3.63, 3.8) is 0 Å². The molecule has 0 amide bonds. The van der Waals surface area contributed by atoms with Crippen LogP contribution in [-0.2, 0) is 0 Å². The number of hydrogen-bond acceptors (Lipinski definition) is 6. The SMILES string of the molecule is N=C1C=Cc2ccc3ccc(-c4nc(-c5cccc(-c6ccccc6)c5)cc(-c5ccc6oc7ccccc7c6c5)n4)cc3c2/C1=N/Nc1ccccc1. The molecule has 0 radical (unpaired) electrons. The summed E-state index contributed by atoms with van der Waals surface area (Å²) in [5.41, 5.74) is 15.2. The van der Waals surface area contributed by atoms with E-state index in [1.807, 2.05) is 66.7 Å². The van der Waals surface area contributed by atoms with E-state index in [9.17, 15) is 0 Å². The van der Waals surface area contributed by atoms with Crippen molar-refractivity contribution in [2.45, 2.75) is 0 Å². The highest BCUT2D eigenvalue weighted by atomic mass is 16.3. The molecule has 1 aliphatic carbocycles. The van der Waals surface area contributed by atoms with Crippen molar-refractivity contribution in [3.8, 4) is 45.0 Å². The predicted octanol–water partition coefficient (Wildman–Crippen LogP) is 12.1. The van der Waals surface area contributed by atoms with Gasteiger partial charge in [-0.05, 0) is 88.1 Å². The summed E-state index contributed by atoms with van der Waals surface area (Å²) >= 11 is 0.